The molecule has 2 fully saturated rings. The van der Waals surface area contributed by atoms with E-state index in [-0.39, 0.29) is 23.9 Å². The summed E-state index contributed by atoms with van der Waals surface area (Å²) in [5.74, 6) is 7.35. The highest BCUT2D eigenvalue weighted by atomic mass is 35.5. The smallest absolute Gasteiger partial charge is 0.255 e. The third kappa shape index (κ3) is 4.09. The number of aromatic amines is 1. The number of para-hydroxylation sites is 1. The zero-order valence-corrected chi connectivity index (χ0v) is 21.6. The fourth-order valence-electron chi connectivity index (χ4n) is 5.54. The number of likely N-dealkylation sites (tertiary alicyclic amines) is 1. The highest BCUT2D eigenvalue weighted by molar-refractivity contribution is 6.32. The van der Waals surface area contributed by atoms with Gasteiger partial charge in [-0.15, -0.1) is 0 Å². The molecule has 0 spiro atoms. The number of halogens is 1. The van der Waals surface area contributed by atoms with Gasteiger partial charge in [0.2, 0.25) is 5.91 Å². The molecule has 3 N–H and O–H groups in total. The number of amides is 2. The molecule has 1 aliphatic carbocycles. The molecule has 1 saturated heterocycles. The lowest BCUT2D eigenvalue weighted by molar-refractivity contribution is -0.126. The van der Waals surface area contributed by atoms with Crippen molar-refractivity contribution < 1.29 is 14.3 Å². The second-order valence-corrected chi connectivity index (χ2v) is 10.0. The number of H-pyrrole nitrogens is 1. The Bertz CT molecular complexity index is 1530. The van der Waals surface area contributed by atoms with Crippen molar-refractivity contribution in [2.45, 2.75) is 31.3 Å². The van der Waals surface area contributed by atoms with Gasteiger partial charge in [-0.1, -0.05) is 36.1 Å². The van der Waals surface area contributed by atoms with E-state index in [1.54, 1.807) is 25.6 Å². The highest BCUT2D eigenvalue weighted by Crippen LogP contribution is 2.48. The fourth-order valence-corrected chi connectivity index (χ4v) is 5.79. The zero-order chi connectivity index (χ0) is 26.4. The number of rotatable bonds is 5. The maximum atomic E-state index is 13.0. The second kappa shape index (κ2) is 9.58. The molecule has 6 rings (SSSR count). The van der Waals surface area contributed by atoms with Crippen molar-refractivity contribution in [3.63, 3.8) is 0 Å². The van der Waals surface area contributed by atoms with Gasteiger partial charge in [0.05, 0.1) is 46.4 Å². The summed E-state index contributed by atoms with van der Waals surface area (Å²) in [4.78, 5) is 35.1. The van der Waals surface area contributed by atoms with Crippen molar-refractivity contribution in [3.05, 3.63) is 71.2 Å². The van der Waals surface area contributed by atoms with Gasteiger partial charge in [0.25, 0.3) is 5.91 Å². The predicted molar refractivity (Wildman–Crippen MR) is 146 cm³/mol. The molecule has 3 aromatic rings. The summed E-state index contributed by atoms with van der Waals surface area (Å²) in [7, 11) is 1.55. The first-order valence-electron chi connectivity index (χ1n) is 12.5. The molecule has 4 heterocycles. The van der Waals surface area contributed by atoms with Crippen molar-refractivity contribution in [2.75, 3.05) is 19.0 Å². The standard InChI is InChI=1S/C29H26ClN5O3/c1-3-24(36)35-18(13-17-14-23(17)35)8-7-16-15-31-11-9-19(16)26-27(25-21(33-26)10-12-32-29(25)37)34-22-6-4-5-20(30)28(22)38-2/h3-6,9,11,15,17-18,23,33-34H,1,10,12-14H2,2H3,(H,32,37)/t17-,18-,23+/m0/s1. The van der Waals surface area contributed by atoms with Crippen LogP contribution in [0.3, 0.4) is 0 Å². The van der Waals surface area contributed by atoms with Crippen LogP contribution in [0.4, 0.5) is 11.4 Å². The van der Waals surface area contributed by atoms with Gasteiger partial charge in [-0.25, -0.2) is 0 Å². The van der Waals surface area contributed by atoms with E-state index >= 15 is 0 Å². The Hall–Kier alpha value is -4.22. The van der Waals surface area contributed by atoms with Crippen molar-refractivity contribution in [3.8, 4) is 28.8 Å². The summed E-state index contributed by atoms with van der Waals surface area (Å²) in [5.41, 5.74) is 4.82. The zero-order valence-electron chi connectivity index (χ0n) is 20.8. The molecule has 9 heteroatoms. The van der Waals surface area contributed by atoms with Crippen molar-refractivity contribution in [1.82, 2.24) is 20.2 Å². The van der Waals surface area contributed by atoms with Gasteiger partial charge < -0.3 is 25.3 Å². The van der Waals surface area contributed by atoms with Gasteiger partial charge in [-0.2, -0.15) is 0 Å². The van der Waals surface area contributed by atoms with Gasteiger partial charge in [0.15, 0.2) is 5.75 Å². The first kappa shape index (κ1) is 24.1. The molecule has 3 aliphatic rings. The largest absolute Gasteiger partial charge is 0.493 e. The van der Waals surface area contributed by atoms with Gasteiger partial charge in [-0.05, 0) is 43.0 Å². The summed E-state index contributed by atoms with van der Waals surface area (Å²) in [6.45, 7) is 4.20. The molecule has 2 aromatic heterocycles. The molecule has 3 atom stereocenters. The Kier molecular flexibility index (Phi) is 6.09. The third-order valence-electron chi connectivity index (χ3n) is 7.39. The molecular weight excluding hydrogens is 502 g/mol. The topological polar surface area (TPSA) is 99.3 Å². The van der Waals surface area contributed by atoms with Crippen molar-refractivity contribution >= 4 is 34.8 Å². The van der Waals surface area contributed by atoms with E-state index in [0.29, 0.717) is 57.9 Å². The number of pyridine rings is 1. The number of anilines is 2. The number of fused-ring (bicyclic) bond motifs is 2. The van der Waals surface area contributed by atoms with Crippen LogP contribution >= 0.6 is 11.6 Å². The number of ether oxygens (including phenoxy) is 1. The maximum Gasteiger partial charge on any atom is 0.255 e. The number of benzene rings is 1. The maximum absolute atomic E-state index is 13.0. The van der Waals surface area contributed by atoms with E-state index in [0.717, 1.165) is 24.1 Å². The molecule has 1 saturated carbocycles. The number of nitrogens with one attached hydrogen (secondary N) is 3. The lowest BCUT2D eigenvalue weighted by atomic mass is 10.0. The Balaban J connectivity index is 1.43. The summed E-state index contributed by atoms with van der Waals surface area (Å²) < 4.78 is 5.53. The minimum Gasteiger partial charge on any atom is -0.493 e. The minimum atomic E-state index is -0.164. The van der Waals surface area contributed by atoms with Crippen LogP contribution in [0.1, 0.15) is 34.5 Å². The average Bonchev–Trinajstić information content (AvgIpc) is 3.43. The molecule has 0 radical (unpaired) electrons. The fraction of sp³-hybridized carbons (Fsp3) is 0.276. The Morgan fingerprint density at radius 1 is 1.34 bits per heavy atom. The van der Waals surface area contributed by atoms with E-state index in [1.807, 2.05) is 23.1 Å². The number of nitrogens with zero attached hydrogens (tertiary/aromatic N) is 2. The van der Waals surface area contributed by atoms with Crippen molar-refractivity contribution in [1.29, 1.82) is 0 Å². The summed E-state index contributed by atoms with van der Waals surface area (Å²) >= 11 is 6.37. The van der Waals surface area contributed by atoms with Gasteiger partial charge >= 0.3 is 0 Å². The molecule has 2 amide bonds. The molecule has 0 bridgehead atoms. The van der Waals surface area contributed by atoms with Crippen LogP contribution in [0.5, 0.6) is 5.75 Å². The van der Waals surface area contributed by atoms with E-state index < -0.39 is 0 Å². The van der Waals surface area contributed by atoms with E-state index in [4.69, 9.17) is 16.3 Å². The minimum absolute atomic E-state index is 0.0780. The second-order valence-electron chi connectivity index (χ2n) is 9.63. The number of aromatic nitrogens is 2. The van der Waals surface area contributed by atoms with Gasteiger partial charge in [0, 0.05) is 42.7 Å². The monoisotopic (exact) mass is 527 g/mol. The summed E-state index contributed by atoms with van der Waals surface area (Å²) in [6.07, 6.45) is 7.34. The first-order valence-corrected chi connectivity index (χ1v) is 12.9. The van der Waals surface area contributed by atoms with Crippen LogP contribution in [0.15, 0.2) is 49.3 Å². The van der Waals surface area contributed by atoms with E-state index in [1.165, 1.54) is 6.08 Å². The van der Waals surface area contributed by atoms with Gasteiger partial charge in [-0.3, -0.25) is 14.6 Å². The van der Waals surface area contributed by atoms with Crippen LogP contribution < -0.4 is 15.4 Å². The number of methoxy groups -OCH3 is 1. The number of hydrogen-bond acceptors (Lipinski definition) is 5. The molecule has 1 aromatic carbocycles. The average molecular weight is 528 g/mol. The van der Waals surface area contributed by atoms with Crippen LogP contribution in [0, 0.1) is 17.8 Å². The van der Waals surface area contributed by atoms with E-state index in [9.17, 15) is 9.59 Å². The predicted octanol–water partition coefficient (Wildman–Crippen LogP) is 4.30. The van der Waals surface area contributed by atoms with Crippen LogP contribution in [-0.4, -0.2) is 52.4 Å². The molecule has 192 valence electrons. The summed E-state index contributed by atoms with van der Waals surface area (Å²) in [6, 6.07) is 7.39. The summed E-state index contributed by atoms with van der Waals surface area (Å²) in [5, 5.41) is 6.79. The molecule has 2 aliphatic heterocycles. The van der Waals surface area contributed by atoms with Crippen LogP contribution in [-0.2, 0) is 11.2 Å². The Morgan fingerprint density at radius 2 is 2.21 bits per heavy atom. The van der Waals surface area contributed by atoms with Crippen LogP contribution in [0.2, 0.25) is 5.02 Å². The molecule has 38 heavy (non-hydrogen) atoms. The lowest BCUT2D eigenvalue weighted by Crippen LogP contribution is -2.36. The van der Waals surface area contributed by atoms with Crippen molar-refractivity contribution in [2.24, 2.45) is 5.92 Å². The quantitative estimate of drug-likeness (QED) is 0.339. The normalized spacial score (nSPS) is 20.9. The SMILES string of the molecule is C=CC(=O)N1[C@@H]2C[C@@H]2C[C@@H]1C#Cc1cnccc1-c1[nH]c2c(c1Nc1cccc(Cl)c1OC)C(=O)NCC2. The number of carbonyl (C=O) groups is 2. The third-order valence-corrected chi connectivity index (χ3v) is 7.69. The highest BCUT2D eigenvalue weighted by Gasteiger charge is 2.53. The number of hydrogen-bond donors (Lipinski definition) is 3. The van der Waals surface area contributed by atoms with Gasteiger partial charge in [0.1, 0.15) is 0 Å². The lowest BCUT2D eigenvalue weighted by Gasteiger charge is -2.22. The Morgan fingerprint density at radius 3 is 3.03 bits per heavy atom. The molecule has 8 nitrogen and oxygen atoms in total. The number of carbonyl (C=O) groups excluding carboxylic acids is 2. The number of piperidine rings is 1. The molecular formula is C29H26ClN5O3. The molecule has 0 unspecified atom stereocenters. The Labute approximate surface area is 225 Å². The van der Waals surface area contributed by atoms with Crippen LogP contribution in [0.25, 0.3) is 11.3 Å². The first-order chi connectivity index (χ1) is 18.5. The van der Waals surface area contributed by atoms with E-state index in [2.05, 4.69) is 39.0 Å².